The number of benzene rings is 2. The van der Waals surface area contributed by atoms with Gasteiger partial charge in [0.1, 0.15) is 18.4 Å². The molecule has 4 aromatic rings. The zero-order chi connectivity index (χ0) is 25.6. The monoisotopic (exact) mass is 499 g/mol. The molecule has 10 heteroatoms. The van der Waals surface area contributed by atoms with Crippen LogP contribution in [0.25, 0.3) is 11.4 Å². The van der Waals surface area contributed by atoms with Gasteiger partial charge in [-0.05, 0) is 72.1 Å². The van der Waals surface area contributed by atoms with E-state index in [-0.39, 0.29) is 30.1 Å². The lowest BCUT2D eigenvalue weighted by Crippen LogP contribution is -2.47. The first-order valence-corrected chi connectivity index (χ1v) is 12.2. The number of halogens is 1. The van der Waals surface area contributed by atoms with Crippen LogP contribution in [-0.2, 0) is 16.1 Å². The van der Waals surface area contributed by atoms with E-state index < -0.39 is 11.9 Å². The molecule has 0 bridgehead atoms. The predicted octanol–water partition coefficient (Wildman–Crippen LogP) is 3.71. The maximum absolute atomic E-state index is 13.8. The van der Waals surface area contributed by atoms with Gasteiger partial charge in [-0.15, -0.1) is 10.2 Å². The molecule has 0 saturated heterocycles. The van der Waals surface area contributed by atoms with Crippen molar-refractivity contribution in [2.75, 3.05) is 4.90 Å². The van der Waals surface area contributed by atoms with Crippen molar-refractivity contribution in [2.24, 2.45) is 0 Å². The van der Waals surface area contributed by atoms with Gasteiger partial charge in [0.15, 0.2) is 0 Å². The Morgan fingerprint density at radius 2 is 1.70 bits per heavy atom. The summed E-state index contributed by atoms with van der Waals surface area (Å²) in [4.78, 5) is 34.2. The Kier molecular flexibility index (Phi) is 7.25. The summed E-state index contributed by atoms with van der Waals surface area (Å²) in [5.74, 6) is -0.752. The number of para-hydroxylation sites is 1. The van der Waals surface area contributed by atoms with Gasteiger partial charge in [-0.3, -0.25) is 19.5 Å². The van der Waals surface area contributed by atoms with E-state index in [0.29, 0.717) is 16.8 Å². The standard InChI is InChI=1S/C27H26FN7O2/c28-21-12-10-20(11-13-21)26-31-33-34(32-26)18-24(36)35(23-8-2-1-3-9-23)25(19-14-16-29-17-15-19)27(37)30-22-6-4-5-7-22/h1-3,8-17,22,25H,4-7,18H2,(H,30,37)/t25-/m0/s1. The normalized spacial score (nSPS) is 14.3. The molecule has 2 aromatic heterocycles. The van der Waals surface area contributed by atoms with Crippen molar-refractivity contribution >= 4 is 17.5 Å². The van der Waals surface area contributed by atoms with Crippen molar-refractivity contribution in [3.63, 3.8) is 0 Å². The first-order chi connectivity index (χ1) is 18.1. The molecule has 0 unspecified atom stereocenters. The second-order valence-electron chi connectivity index (χ2n) is 8.92. The van der Waals surface area contributed by atoms with Crippen molar-refractivity contribution in [2.45, 2.75) is 44.3 Å². The predicted molar refractivity (Wildman–Crippen MR) is 135 cm³/mol. The summed E-state index contributed by atoms with van der Waals surface area (Å²) < 4.78 is 13.3. The summed E-state index contributed by atoms with van der Waals surface area (Å²) in [7, 11) is 0. The summed E-state index contributed by atoms with van der Waals surface area (Å²) in [6.45, 7) is -0.249. The summed E-state index contributed by atoms with van der Waals surface area (Å²) >= 11 is 0. The summed E-state index contributed by atoms with van der Waals surface area (Å²) in [6, 6.07) is 17.4. The number of aromatic nitrogens is 5. The molecule has 1 atom stereocenters. The number of hydrogen-bond donors (Lipinski definition) is 1. The minimum Gasteiger partial charge on any atom is -0.351 e. The van der Waals surface area contributed by atoms with Gasteiger partial charge in [0, 0.05) is 29.7 Å². The summed E-state index contributed by atoms with van der Waals surface area (Å²) in [6.07, 6.45) is 7.19. The maximum Gasteiger partial charge on any atom is 0.251 e. The molecule has 37 heavy (non-hydrogen) atoms. The number of carbonyl (C=O) groups excluding carboxylic acids is 2. The fourth-order valence-corrected chi connectivity index (χ4v) is 4.56. The number of rotatable bonds is 8. The molecule has 0 aliphatic heterocycles. The van der Waals surface area contributed by atoms with Crippen molar-refractivity contribution in [1.82, 2.24) is 30.5 Å². The number of amides is 2. The highest BCUT2D eigenvalue weighted by molar-refractivity contribution is 6.01. The second kappa shape index (κ2) is 11.1. The van der Waals surface area contributed by atoms with Gasteiger partial charge in [-0.25, -0.2) is 4.39 Å². The van der Waals surface area contributed by atoms with Gasteiger partial charge in [0.05, 0.1) is 0 Å². The van der Waals surface area contributed by atoms with Gasteiger partial charge in [0.2, 0.25) is 11.7 Å². The molecule has 2 aromatic carbocycles. The highest BCUT2D eigenvalue weighted by Gasteiger charge is 2.34. The number of hydrogen-bond acceptors (Lipinski definition) is 6. The lowest BCUT2D eigenvalue weighted by Gasteiger charge is -2.32. The Morgan fingerprint density at radius 3 is 2.41 bits per heavy atom. The SMILES string of the molecule is O=C(NC1CCCC1)[C@H](c1ccncc1)N(C(=O)Cn1nnc(-c2ccc(F)cc2)n1)c1ccccc1. The minimum atomic E-state index is -0.918. The average molecular weight is 500 g/mol. The third kappa shape index (κ3) is 5.69. The van der Waals surface area contributed by atoms with Crippen LogP contribution in [0.2, 0.25) is 0 Å². The molecule has 1 saturated carbocycles. The zero-order valence-electron chi connectivity index (χ0n) is 20.1. The molecule has 0 radical (unpaired) electrons. The van der Waals surface area contributed by atoms with Crippen molar-refractivity contribution in [1.29, 1.82) is 0 Å². The van der Waals surface area contributed by atoms with Gasteiger partial charge in [-0.1, -0.05) is 31.0 Å². The maximum atomic E-state index is 13.8. The van der Waals surface area contributed by atoms with Gasteiger partial charge < -0.3 is 5.32 Å². The molecule has 0 spiro atoms. The summed E-state index contributed by atoms with van der Waals surface area (Å²) in [5.41, 5.74) is 1.78. The average Bonchev–Trinajstić information content (AvgIpc) is 3.61. The first kappa shape index (κ1) is 24.2. The van der Waals surface area contributed by atoms with Crippen LogP contribution < -0.4 is 10.2 Å². The molecule has 1 fully saturated rings. The van der Waals surface area contributed by atoms with E-state index in [1.165, 1.54) is 21.8 Å². The highest BCUT2D eigenvalue weighted by atomic mass is 19.1. The Morgan fingerprint density at radius 1 is 1.00 bits per heavy atom. The van der Waals surface area contributed by atoms with Crippen LogP contribution in [0, 0.1) is 5.82 Å². The van der Waals surface area contributed by atoms with Crippen LogP contribution in [0.4, 0.5) is 10.1 Å². The van der Waals surface area contributed by atoms with Crippen LogP contribution in [0.15, 0.2) is 79.1 Å². The Labute approximate surface area is 213 Å². The number of tetrazole rings is 1. The van der Waals surface area contributed by atoms with Crippen LogP contribution in [0.5, 0.6) is 0 Å². The fraction of sp³-hybridized carbons (Fsp3) is 0.259. The smallest absolute Gasteiger partial charge is 0.251 e. The van der Waals surface area contributed by atoms with Crippen molar-refractivity contribution in [3.05, 3.63) is 90.5 Å². The lowest BCUT2D eigenvalue weighted by atomic mass is 10.0. The molecule has 188 valence electrons. The molecular weight excluding hydrogens is 473 g/mol. The minimum absolute atomic E-state index is 0.0832. The molecule has 2 heterocycles. The van der Waals surface area contributed by atoms with E-state index >= 15 is 0 Å². The highest BCUT2D eigenvalue weighted by Crippen LogP contribution is 2.29. The van der Waals surface area contributed by atoms with E-state index in [2.05, 4.69) is 25.7 Å². The number of pyridine rings is 1. The first-order valence-electron chi connectivity index (χ1n) is 12.2. The van der Waals surface area contributed by atoms with Gasteiger partial charge in [0.25, 0.3) is 5.91 Å². The van der Waals surface area contributed by atoms with Crippen molar-refractivity contribution < 1.29 is 14.0 Å². The second-order valence-corrected chi connectivity index (χ2v) is 8.92. The third-order valence-electron chi connectivity index (χ3n) is 6.36. The molecule has 5 rings (SSSR count). The molecule has 1 N–H and O–H groups in total. The molecule has 1 aliphatic carbocycles. The zero-order valence-corrected chi connectivity index (χ0v) is 20.1. The third-order valence-corrected chi connectivity index (χ3v) is 6.36. The number of carbonyl (C=O) groups is 2. The van der Waals surface area contributed by atoms with Crippen LogP contribution in [-0.4, -0.2) is 43.0 Å². The Bertz CT molecular complexity index is 1340. The Hall–Kier alpha value is -4.47. The van der Waals surface area contributed by atoms with E-state index in [0.717, 1.165) is 25.7 Å². The lowest BCUT2D eigenvalue weighted by molar-refractivity contribution is -0.127. The van der Waals surface area contributed by atoms with Crippen LogP contribution in [0.3, 0.4) is 0 Å². The van der Waals surface area contributed by atoms with E-state index in [9.17, 15) is 14.0 Å². The topological polar surface area (TPSA) is 106 Å². The van der Waals surface area contributed by atoms with E-state index in [1.807, 2.05) is 18.2 Å². The largest absolute Gasteiger partial charge is 0.351 e. The molecule has 9 nitrogen and oxygen atoms in total. The Balaban J connectivity index is 1.46. The van der Waals surface area contributed by atoms with Gasteiger partial charge >= 0.3 is 0 Å². The fourth-order valence-electron chi connectivity index (χ4n) is 4.56. The van der Waals surface area contributed by atoms with Crippen LogP contribution >= 0.6 is 0 Å². The van der Waals surface area contributed by atoms with Gasteiger partial charge in [-0.2, -0.15) is 4.80 Å². The number of nitrogens with one attached hydrogen (secondary N) is 1. The van der Waals surface area contributed by atoms with Crippen LogP contribution in [0.1, 0.15) is 37.3 Å². The molecule has 2 amide bonds. The summed E-state index contributed by atoms with van der Waals surface area (Å²) in [5, 5.41) is 15.5. The van der Waals surface area contributed by atoms with E-state index in [4.69, 9.17) is 0 Å². The number of anilines is 1. The number of nitrogens with zero attached hydrogens (tertiary/aromatic N) is 6. The van der Waals surface area contributed by atoms with Crippen molar-refractivity contribution in [3.8, 4) is 11.4 Å². The quantitative estimate of drug-likeness (QED) is 0.396. The molecule has 1 aliphatic rings. The van der Waals surface area contributed by atoms with E-state index in [1.54, 1.807) is 48.8 Å². The molecular formula is C27H26FN7O2.